The van der Waals surface area contributed by atoms with Crippen LogP contribution in [0.25, 0.3) is 17.0 Å². The minimum atomic E-state index is -0.526. The summed E-state index contributed by atoms with van der Waals surface area (Å²) in [5.74, 6) is 0.500. The molecule has 3 aromatic rings. The van der Waals surface area contributed by atoms with Gasteiger partial charge in [0, 0.05) is 41.4 Å². The maximum absolute atomic E-state index is 13.0. The smallest absolute Gasteiger partial charge is 0.340 e. The summed E-state index contributed by atoms with van der Waals surface area (Å²) >= 11 is 0. The normalized spacial score (nSPS) is 19.1. The number of ether oxygens (including phenoxy) is 3. The van der Waals surface area contributed by atoms with Gasteiger partial charge in [-0.2, -0.15) is 0 Å². The number of fused-ring (bicyclic) bond motifs is 2. The van der Waals surface area contributed by atoms with Crippen molar-refractivity contribution in [2.45, 2.75) is 39.3 Å². The van der Waals surface area contributed by atoms with Crippen LogP contribution in [0.4, 0.5) is 0 Å². The van der Waals surface area contributed by atoms with Crippen molar-refractivity contribution in [3.8, 4) is 11.5 Å². The molecule has 158 valence electrons. The molecule has 0 amide bonds. The zero-order chi connectivity index (χ0) is 21.5. The molecule has 0 aliphatic carbocycles. The van der Waals surface area contributed by atoms with Crippen molar-refractivity contribution in [1.29, 1.82) is 0 Å². The number of nitrogens with zero attached hydrogens (tertiary/aromatic N) is 1. The van der Waals surface area contributed by atoms with Crippen LogP contribution in [0.15, 0.2) is 48.4 Å². The van der Waals surface area contributed by atoms with E-state index in [1.54, 1.807) is 25.1 Å². The van der Waals surface area contributed by atoms with Crippen molar-refractivity contribution in [2.24, 2.45) is 0 Å². The lowest BCUT2D eigenvalue weighted by Gasteiger charge is -2.12. The molecule has 31 heavy (non-hydrogen) atoms. The summed E-state index contributed by atoms with van der Waals surface area (Å²) in [6, 6.07) is 11.4. The molecule has 0 radical (unpaired) electrons. The number of para-hydroxylation sites is 1. The fraction of sp³-hybridized carbons (Fsp3) is 0.280. The molecule has 6 nitrogen and oxygen atoms in total. The third-order valence-corrected chi connectivity index (χ3v) is 5.89. The van der Waals surface area contributed by atoms with E-state index in [2.05, 4.69) is 17.6 Å². The predicted octanol–water partition coefficient (Wildman–Crippen LogP) is 4.67. The molecule has 1 aromatic heterocycles. The van der Waals surface area contributed by atoms with Crippen LogP contribution in [0.3, 0.4) is 0 Å². The van der Waals surface area contributed by atoms with Crippen molar-refractivity contribution in [3.63, 3.8) is 0 Å². The summed E-state index contributed by atoms with van der Waals surface area (Å²) in [7, 11) is 0. The molecule has 1 atom stereocenters. The Morgan fingerprint density at radius 2 is 2.10 bits per heavy atom. The van der Waals surface area contributed by atoms with E-state index in [9.17, 15) is 9.59 Å². The molecule has 2 aliphatic heterocycles. The Balaban J connectivity index is 1.46. The van der Waals surface area contributed by atoms with Crippen LogP contribution < -0.4 is 9.47 Å². The van der Waals surface area contributed by atoms with Crippen molar-refractivity contribution in [2.75, 3.05) is 6.61 Å². The quantitative estimate of drug-likeness (QED) is 0.351. The lowest BCUT2D eigenvalue weighted by molar-refractivity contribution is -0.144. The number of carbonyl (C=O) groups excluding carboxylic acids is 2. The first-order chi connectivity index (χ1) is 15.1. The number of esters is 1. The third kappa shape index (κ3) is 3.33. The van der Waals surface area contributed by atoms with Gasteiger partial charge in [-0.3, -0.25) is 4.79 Å². The van der Waals surface area contributed by atoms with E-state index in [-0.39, 0.29) is 11.5 Å². The summed E-state index contributed by atoms with van der Waals surface area (Å²) in [5.41, 5.74) is 3.13. The van der Waals surface area contributed by atoms with E-state index < -0.39 is 12.1 Å². The number of rotatable bonds is 4. The summed E-state index contributed by atoms with van der Waals surface area (Å²) in [5, 5.41) is 1.06. The summed E-state index contributed by atoms with van der Waals surface area (Å²) in [6.07, 6.45) is 4.80. The van der Waals surface area contributed by atoms with Gasteiger partial charge in [0.05, 0.1) is 5.56 Å². The van der Waals surface area contributed by atoms with Gasteiger partial charge in [-0.05, 0) is 51.0 Å². The average molecular weight is 417 g/mol. The zero-order valence-corrected chi connectivity index (χ0v) is 17.5. The lowest BCUT2D eigenvalue weighted by atomic mass is 10.1. The molecular weight excluding hydrogens is 394 g/mol. The Labute approximate surface area is 180 Å². The van der Waals surface area contributed by atoms with Crippen molar-refractivity contribution in [1.82, 2.24) is 4.57 Å². The highest BCUT2D eigenvalue weighted by Gasteiger charge is 2.32. The van der Waals surface area contributed by atoms with Gasteiger partial charge in [0.2, 0.25) is 5.78 Å². The Morgan fingerprint density at radius 3 is 2.87 bits per heavy atom. The summed E-state index contributed by atoms with van der Waals surface area (Å²) in [6.45, 7) is 5.27. The van der Waals surface area contributed by atoms with Crippen LogP contribution in [0, 0.1) is 6.92 Å². The topological polar surface area (TPSA) is 66.8 Å². The zero-order valence-electron chi connectivity index (χ0n) is 17.5. The first-order valence-electron chi connectivity index (χ1n) is 10.6. The van der Waals surface area contributed by atoms with Crippen molar-refractivity contribution >= 4 is 28.7 Å². The molecular formula is C25H23NO5. The number of benzene rings is 2. The number of ketones is 1. The summed E-state index contributed by atoms with van der Waals surface area (Å²) in [4.78, 5) is 25.3. The second kappa shape index (κ2) is 7.71. The number of Topliss-reactive ketones (excluding diaryl/α,β-unsaturated/α-hetero) is 1. The molecule has 5 rings (SSSR count). The monoisotopic (exact) mass is 417 g/mol. The van der Waals surface area contributed by atoms with E-state index in [0.29, 0.717) is 35.7 Å². The summed E-state index contributed by atoms with van der Waals surface area (Å²) < 4.78 is 19.1. The van der Waals surface area contributed by atoms with Gasteiger partial charge in [0.25, 0.3) is 0 Å². The SMILES string of the molecule is CCn1cc(/C=C2\Oc3c(ccc(OC(=O)C4CCCO4)c3C)C2=O)c2ccccc21. The second-order valence-electron chi connectivity index (χ2n) is 7.82. The number of hydrogen-bond donors (Lipinski definition) is 0. The highest BCUT2D eigenvalue weighted by Crippen LogP contribution is 2.40. The Morgan fingerprint density at radius 1 is 1.26 bits per heavy atom. The highest BCUT2D eigenvalue weighted by molar-refractivity contribution is 6.15. The predicted molar refractivity (Wildman–Crippen MR) is 116 cm³/mol. The standard InChI is InChI=1S/C25H23NO5/c1-3-26-14-16(17-7-4-5-8-19(17)26)13-22-23(27)18-10-11-20(15(2)24(18)30-22)31-25(28)21-9-6-12-29-21/h4-5,7-8,10-11,13-14,21H,3,6,9,12H2,1-2H3/b22-13-. The van der Waals surface area contributed by atoms with E-state index in [1.807, 2.05) is 24.4 Å². The van der Waals surface area contributed by atoms with Gasteiger partial charge < -0.3 is 18.8 Å². The molecule has 6 heteroatoms. The van der Waals surface area contributed by atoms with Gasteiger partial charge in [-0.25, -0.2) is 4.79 Å². The molecule has 3 heterocycles. The highest BCUT2D eigenvalue weighted by atomic mass is 16.6. The van der Waals surface area contributed by atoms with Gasteiger partial charge in [-0.15, -0.1) is 0 Å². The molecule has 1 saturated heterocycles. The Hall–Kier alpha value is -3.38. The minimum absolute atomic E-state index is 0.177. The molecule has 0 N–H and O–H groups in total. The fourth-order valence-corrected chi connectivity index (χ4v) is 4.21. The van der Waals surface area contributed by atoms with Crippen LogP contribution in [-0.2, 0) is 16.1 Å². The van der Waals surface area contributed by atoms with Gasteiger partial charge in [0.1, 0.15) is 11.5 Å². The lowest BCUT2D eigenvalue weighted by Crippen LogP contribution is -2.25. The largest absolute Gasteiger partial charge is 0.452 e. The van der Waals surface area contributed by atoms with Crippen LogP contribution in [0.1, 0.15) is 41.3 Å². The van der Waals surface area contributed by atoms with Gasteiger partial charge in [-0.1, -0.05) is 18.2 Å². The van der Waals surface area contributed by atoms with Crippen LogP contribution >= 0.6 is 0 Å². The number of aryl methyl sites for hydroxylation is 1. The second-order valence-corrected chi connectivity index (χ2v) is 7.82. The minimum Gasteiger partial charge on any atom is -0.452 e. The fourth-order valence-electron chi connectivity index (χ4n) is 4.21. The Kier molecular flexibility index (Phi) is 4.87. The molecule has 0 bridgehead atoms. The van der Waals surface area contributed by atoms with Crippen molar-refractivity contribution < 1.29 is 23.8 Å². The molecule has 2 aliphatic rings. The number of aromatic nitrogens is 1. The molecule has 2 aromatic carbocycles. The maximum Gasteiger partial charge on any atom is 0.340 e. The van der Waals surface area contributed by atoms with E-state index >= 15 is 0 Å². The number of hydrogen-bond acceptors (Lipinski definition) is 5. The average Bonchev–Trinajstić information content (AvgIpc) is 3.50. The molecule has 0 spiro atoms. The van der Waals surface area contributed by atoms with E-state index in [1.165, 1.54) is 0 Å². The van der Waals surface area contributed by atoms with E-state index in [0.717, 1.165) is 29.4 Å². The first kappa shape index (κ1) is 19.6. The molecule has 0 saturated carbocycles. The van der Waals surface area contributed by atoms with Crippen LogP contribution in [-0.4, -0.2) is 29.0 Å². The number of carbonyl (C=O) groups is 2. The van der Waals surface area contributed by atoms with Crippen LogP contribution in [0.2, 0.25) is 0 Å². The molecule has 1 fully saturated rings. The number of allylic oxidation sites excluding steroid dienone is 1. The third-order valence-electron chi connectivity index (χ3n) is 5.89. The van der Waals surface area contributed by atoms with Gasteiger partial charge in [0.15, 0.2) is 11.9 Å². The van der Waals surface area contributed by atoms with Crippen molar-refractivity contribution in [3.05, 3.63) is 65.0 Å². The van der Waals surface area contributed by atoms with Crippen LogP contribution in [0.5, 0.6) is 11.5 Å². The maximum atomic E-state index is 13.0. The Bertz CT molecular complexity index is 1230. The van der Waals surface area contributed by atoms with Gasteiger partial charge >= 0.3 is 5.97 Å². The van der Waals surface area contributed by atoms with E-state index in [4.69, 9.17) is 14.2 Å². The first-order valence-corrected chi connectivity index (χ1v) is 10.6. The molecule has 1 unspecified atom stereocenters.